The van der Waals surface area contributed by atoms with Crippen LogP contribution >= 0.6 is 0 Å². The van der Waals surface area contributed by atoms with Crippen molar-refractivity contribution in [2.75, 3.05) is 10.6 Å². The molecule has 0 aliphatic rings. The molecule has 2 amide bonds. The zero-order valence-corrected chi connectivity index (χ0v) is 10.1. The minimum absolute atomic E-state index is 0.154. The molecule has 2 aromatic rings. The van der Waals surface area contributed by atoms with Gasteiger partial charge in [-0.2, -0.15) is 0 Å². The van der Waals surface area contributed by atoms with Crippen LogP contribution in [0.25, 0.3) is 0 Å². The van der Waals surface area contributed by atoms with Crippen LogP contribution < -0.4 is 10.6 Å². The van der Waals surface area contributed by atoms with E-state index in [9.17, 15) is 18.4 Å². The highest BCUT2D eigenvalue weighted by Gasteiger charge is 2.18. The van der Waals surface area contributed by atoms with Gasteiger partial charge < -0.3 is 10.6 Å². The number of nitrogens with zero attached hydrogens (tertiary/aromatic N) is 1. The van der Waals surface area contributed by atoms with Gasteiger partial charge in [-0.25, -0.2) is 13.8 Å². The summed E-state index contributed by atoms with van der Waals surface area (Å²) < 4.78 is 26.6. The van der Waals surface area contributed by atoms with E-state index in [4.69, 9.17) is 0 Å². The Morgan fingerprint density at radius 1 is 0.900 bits per heavy atom. The van der Waals surface area contributed by atoms with Crippen molar-refractivity contribution in [3.8, 4) is 0 Å². The van der Waals surface area contributed by atoms with E-state index in [0.717, 1.165) is 18.2 Å². The van der Waals surface area contributed by atoms with Gasteiger partial charge in [0.25, 0.3) is 0 Å². The number of hydrogen-bond acceptors (Lipinski definition) is 3. The smallest absolute Gasteiger partial charge is 0.313 e. The first kappa shape index (κ1) is 13.6. The maximum atomic E-state index is 13.3. The summed E-state index contributed by atoms with van der Waals surface area (Å²) in [5, 5.41) is 4.06. The van der Waals surface area contributed by atoms with Crippen molar-refractivity contribution in [3.63, 3.8) is 0 Å². The SMILES string of the molecule is O=C(Nc1ccccn1)C(=O)Nc1c(F)cccc1F. The average molecular weight is 277 g/mol. The highest BCUT2D eigenvalue weighted by Crippen LogP contribution is 2.17. The van der Waals surface area contributed by atoms with E-state index in [2.05, 4.69) is 10.3 Å². The number of amides is 2. The van der Waals surface area contributed by atoms with Gasteiger partial charge in [0.05, 0.1) is 0 Å². The van der Waals surface area contributed by atoms with Crippen molar-refractivity contribution in [2.45, 2.75) is 0 Å². The summed E-state index contributed by atoms with van der Waals surface area (Å²) in [7, 11) is 0. The van der Waals surface area contributed by atoms with E-state index >= 15 is 0 Å². The van der Waals surface area contributed by atoms with Crippen molar-refractivity contribution < 1.29 is 18.4 Å². The second-order valence-electron chi connectivity index (χ2n) is 3.72. The molecule has 0 saturated heterocycles. The van der Waals surface area contributed by atoms with Crippen LogP contribution in [0.4, 0.5) is 20.3 Å². The number of rotatable bonds is 2. The first-order valence-corrected chi connectivity index (χ1v) is 5.55. The lowest BCUT2D eigenvalue weighted by Crippen LogP contribution is -2.30. The van der Waals surface area contributed by atoms with Gasteiger partial charge in [-0.15, -0.1) is 0 Å². The predicted molar refractivity (Wildman–Crippen MR) is 67.9 cm³/mol. The van der Waals surface area contributed by atoms with Crippen molar-refractivity contribution in [2.24, 2.45) is 0 Å². The summed E-state index contributed by atoms with van der Waals surface area (Å²) in [6.45, 7) is 0. The van der Waals surface area contributed by atoms with Crippen LogP contribution in [0.5, 0.6) is 0 Å². The Hall–Kier alpha value is -2.83. The standard InChI is InChI=1S/C13H9F2N3O2/c14-8-4-3-5-9(15)11(8)18-13(20)12(19)17-10-6-1-2-7-16-10/h1-7H,(H,18,20)(H,16,17,19). The number of aromatic nitrogens is 1. The Morgan fingerprint density at radius 3 is 2.15 bits per heavy atom. The Kier molecular flexibility index (Phi) is 3.99. The first-order chi connectivity index (χ1) is 9.58. The largest absolute Gasteiger partial charge is 0.315 e. The number of carbonyl (C=O) groups excluding carboxylic acids is 2. The second-order valence-corrected chi connectivity index (χ2v) is 3.72. The molecule has 0 atom stereocenters. The molecular formula is C13H9F2N3O2. The molecule has 7 heteroatoms. The highest BCUT2D eigenvalue weighted by molar-refractivity contribution is 6.43. The van der Waals surface area contributed by atoms with E-state index in [0.29, 0.717) is 0 Å². The Labute approximate surface area is 112 Å². The number of benzene rings is 1. The predicted octanol–water partition coefficient (Wildman–Crippen LogP) is 1.94. The van der Waals surface area contributed by atoms with E-state index in [1.165, 1.54) is 12.3 Å². The number of nitrogens with one attached hydrogen (secondary N) is 2. The molecule has 1 aromatic carbocycles. The molecule has 102 valence electrons. The highest BCUT2D eigenvalue weighted by atomic mass is 19.1. The fourth-order valence-electron chi connectivity index (χ4n) is 1.40. The molecule has 0 aliphatic carbocycles. The zero-order chi connectivity index (χ0) is 14.5. The Bertz CT molecular complexity index is 627. The third-order valence-corrected chi connectivity index (χ3v) is 2.31. The lowest BCUT2D eigenvalue weighted by molar-refractivity contribution is -0.133. The number of carbonyl (C=O) groups is 2. The molecule has 0 bridgehead atoms. The van der Waals surface area contributed by atoms with Crippen LogP contribution in [-0.4, -0.2) is 16.8 Å². The van der Waals surface area contributed by atoms with Gasteiger partial charge in [0, 0.05) is 6.20 Å². The van der Waals surface area contributed by atoms with Gasteiger partial charge in [-0.05, 0) is 24.3 Å². The minimum Gasteiger partial charge on any atom is -0.313 e. The van der Waals surface area contributed by atoms with Crippen molar-refractivity contribution >= 4 is 23.3 Å². The summed E-state index contributed by atoms with van der Waals surface area (Å²) >= 11 is 0. The molecular weight excluding hydrogens is 268 g/mol. The van der Waals surface area contributed by atoms with E-state index in [1.54, 1.807) is 12.1 Å². The molecule has 0 radical (unpaired) electrons. The zero-order valence-electron chi connectivity index (χ0n) is 10.1. The molecule has 5 nitrogen and oxygen atoms in total. The van der Waals surface area contributed by atoms with Crippen LogP contribution in [0, 0.1) is 11.6 Å². The maximum Gasteiger partial charge on any atom is 0.315 e. The fourth-order valence-corrected chi connectivity index (χ4v) is 1.40. The molecule has 0 saturated carbocycles. The number of pyridine rings is 1. The lowest BCUT2D eigenvalue weighted by Gasteiger charge is -2.07. The number of halogens is 2. The number of para-hydroxylation sites is 1. The molecule has 1 heterocycles. The molecule has 2 rings (SSSR count). The average Bonchev–Trinajstić information content (AvgIpc) is 2.44. The third kappa shape index (κ3) is 3.14. The molecule has 0 spiro atoms. The van der Waals surface area contributed by atoms with Crippen molar-refractivity contribution in [1.29, 1.82) is 0 Å². The van der Waals surface area contributed by atoms with E-state index in [1.807, 2.05) is 5.32 Å². The van der Waals surface area contributed by atoms with Crippen LogP contribution in [0.3, 0.4) is 0 Å². The lowest BCUT2D eigenvalue weighted by atomic mass is 10.3. The van der Waals surface area contributed by atoms with Gasteiger partial charge in [0.15, 0.2) is 0 Å². The Balaban J connectivity index is 2.07. The summed E-state index contributed by atoms with van der Waals surface area (Å²) in [6.07, 6.45) is 1.42. The third-order valence-electron chi connectivity index (χ3n) is 2.31. The molecule has 0 aliphatic heterocycles. The first-order valence-electron chi connectivity index (χ1n) is 5.55. The monoisotopic (exact) mass is 277 g/mol. The number of anilines is 2. The second kappa shape index (κ2) is 5.87. The fraction of sp³-hybridized carbons (Fsp3) is 0. The van der Waals surface area contributed by atoms with Crippen molar-refractivity contribution in [1.82, 2.24) is 4.98 Å². The maximum absolute atomic E-state index is 13.3. The van der Waals surface area contributed by atoms with E-state index in [-0.39, 0.29) is 5.82 Å². The summed E-state index contributed by atoms with van der Waals surface area (Å²) in [6, 6.07) is 7.79. The quantitative estimate of drug-likeness (QED) is 0.824. The van der Waals surface area contributed by atoms with Gasteiger partial charge in [0.1, 0.15) is 23.1 Å². The van der Waals surface area contributed by atoms with Crippen LogP contribution in [0.15, 0.2) is 42.6 Å². The molecule has 1 aromatic heterocycles. The van der Waals surface area contributed by atoms with Crippen molar-refractivity contribution in [3.05, 3.63) is 54.2 Å². The topological polar surface area (TPSA) is 71.1 Å². The molecule has 20 heavy (non-hydrogen) atoms. The molecule has 2 N–H and O–H groups in total. The van der Waals surface area contributed by atoms with Crippen LogP contribution in [-0.2, 0) is 9.59 Å². The molecule has 0 unspecified atom stereocenters. The van der Waals surface area contributed by atoms with Crippen LogP contribution in [0.1, 0.15) is 0 Å². The number of hydrogen-bond donors (Lipinski definition) is 2. The summed E-state index contributed by atoms with van der Waals surface area (Å²) in [4.78, 5) is 26.9. The molecule has 0 fully saturated rings. The normalized spacial score (nSPS) is 9.90. The van der Waals surface area contributed by atoms with Gasteiger partial charge in [-0.3, -0.25) is 9.59 Å². The van der Waals surface area contributed by atoms with E-state index < -0.39 is 29.1 Å². The summed E-state index contributed by atoms with van der Waals surface area (Å²) in [5.41, 5.74) is -0.673. The van der Waals surface area contributed by atoms with Gasteiger partial charge >= 0.3 is 11.8 Å². The summed E-state index contributed by atoms with van der Waals surface area (Å²) in [5.74, 6) is -4.05. The van der Waals surface area contributed by atoms with Gasteiger partial charge in [0.2, 0.25) is 0 Å². The van der Waals surface area contributed by atoms with Gasteiger partial charge in [-0.1, -0.05) is 12.1 Å². The Morgan fingerprint density at radius 2 is 1.55 bits per heavy atom. The minimum atomic E-state index is -1.19. The van der Waals surface area contributed by atoms with Crippen LogP contribution in [0.2, 0.25) is 0 Å².